The van der Waals surface area contributed by atoms with Crippen molar-refractivity contribution in [2.75, 3.05) is 14.2 Å². The van der Waals surface area contributed by atoms with Gasteiger partial charge in [-0.3, -0.25) is 10.1 Å². The summed E-state index contributed by atoms with van der Waals surface area (Å²) in [7, 11) is 2.16. The number of hydrogen-bond acceptors (Lipinski definition) is 8. The van der Waals surface area contributed by atoms with Crippen LogP contribution in [0.4, 0.5) is 15.3 Å². The highest BCUT2D eigenvalue weighted by atomic mass is 16.7. The van der Waals surface area contributed by atoms with Crippen LogP contribution in [0.1, 0.15) is 5.56 Å². The fourth-order valence-electron chi connectivity index (χ4n) is 1.30. The molecule has 1 rings (SSSR count). The molecule has 0 bridgehead atoms. The zero-order valence-electron chi connectivity index (χ0n) is 10.9. The molecule has 0 atom stereocenters. The number of benzene rings is 1. The van der Waals surface area contributed by atoms with Gasteiger partial charge in [-0.1, -0.05) is 0 Å². The molecule has 0 N–H and O–H groups in total. The van der Waals surface area contributed by atoms with E-state index < -0.39 is 22.9 Å². The van der Waals surface area contributed by atoms with E-state index in [1.807, 2.05) is 0 Å². The van der Waals surface area contributed by atoms with Gasteiger partial charge < -0.3 is 18.9 Å². The highest BCUT2D eigenvalue weighted by Crippen LogP contribution is 2.37. The van der Waals surface area contributed by atoms with Crippen molar-refractivity contribution >= 4 is 18.0 Å². The maximum Gasteiger partial charge on any atom is 0.513 e. The summed E-state index contributed by atoms with van der Waals surface area (Å²) in [5, 5.41) is 10.9. The summed E-state index contributed by atoms with van der Waals surface area (Å²) in [5.74, 6) is -0.412. The fraction of sp³-hybridized carbons (Fsp3) is 0.273. The first kappa shape index (κ1) is 15.2. The molecule has 0 amide bonds. The number of carbonyl (C=O) groups excluding carboxylic acids is 2. The highest BCUT2D eigenvalue weighted by molar-refractivity contribution is 5.71. The largest absolute Gasteiger partial charge is 0.513 e. The summed E-state index contributed by atoms with van der Waals surface area (Å²) < 4.78 is 18.0. The molecular weight excluding hydrogens is 274 g/mol. The molecule has 0 heterocycles. The van der Waals surface area contributed by atoms with E-state index in [1.165, 1.54) is 13.0 Å². The van der Waals surface area contributed by atoms with Crippen LogP contribution < -0.4 is 9.47 Å². The Morgan fingerprint density at radius 3 is 2.15 bits per heavy atom. The molecule has 0 radical (unpaired) electrons. The van der Waals surface area contributed by atoms with Crippen molar-refractivity contribution in [3.8, 4) is 11.5 Å². The van der Waals surface area contributed by atoms with Crippen LogP contribution in [0.15, 0.2) is 12.1 Å². The average Bonchev–Trinajstić information content (AvgIpc) is 2.42. The van der Waals surface area contributed by atoms with Gasteiger partial charge >= 0.3 is 18.0 Å². The first-order valence-electron chi connectivity index (χ1n) is 5.20. The molecule has 108 valence electrons. The van der Waals surface area contributed by atoms with E-state index in [4.69, 9.17) is 9.47 Å². The van der Waals surface area contributed by atoms with Gasteiger partial charge in [-0.2, -0.15) is 0 Å². The van der Waals surface area contributed by atoms with Gasteiger partial charge in [0.15, 0.2) is 0 Å². The van der Waals surface area contributed by atoms with Crippen LogP contribution in [0.25, 0.3) is 0 Å². The lowest BCUT2D eigenvalue weighted by molar-refractivity contribution is -0.385. The lowest BCUT2D eigenvalue weighted by Crippen LogP contribution is -2.12. The number of nitro benzene ring substituents is 1. The van der Waals surface area contributed by atoms with Crippen LogP contribution in [-0.2, 0) is 9.47 Å². The molecule has 0 fully saturated rings. The summed E-state index contributed by atoms with van der Waals surface area (Å²) in [4.78, 5) is 32.3. The average molecular weight is 285 g/mol. The number of methoxy groups -OCH3 is 2. The number of carbonyl (C=O) groups is 2. The Morgan fingerprint density at radius 1 is 1.10 bits per heavy atom. The van der Waals surface area contributed by atoms with Crippen molar-refractivity contribution in [1.82, 2.24) is 0 Å². The Balaban J connectivity index is 3.26. The van der Waals surface area contributed by atoms with E-state index in [-0.39, 0.29) is 17.1 Å². The third-order valence-electron chi connectivity index (χ3n) is 2.24. The van der Waals surface area contributed by atoms with Crippen LogP contribution in [0, 0.1) is 17.0 Å². The molecule has 0 aliphatic heterocycles. The molecule has 0 aliphatic carbocycles. The normalized spacial score (nSPS) is 9.55. The Bertz CT molecular complexity index is 554. The zero-order chi connectivity index (χ0) is 15.3. The van der Waals surface area contributed by atoms with Gasteiger partial charge in [-0.25, -0.2) is 9.59 Å². The lowest BCUT2D eigenvalue weighted by Gasteiger charge is -2.10. The maximum absolute atomic E-state index is 11.1. The third-order valence-corrected chi connectivity index (χ3v) is 2.24. The van der Waals surface area contributed by atoms with Crippen molar-refractivity contribution in [2.24, 2.45) is 0 Å². The Kier molecular flexibility index (Phi) is 4.84. The van der Waals surface area contributed by atoms with Crippen molar-refractivity contribution < 1.29 is 33.5 Å². The van der Waals surface area contributed by atoms with Crippen molar-refractivity contribution in [2.45, 2.75) is 6.92 Å². The minimum absolute atomic E-state index is 0.0404. The molecule has 0 aromatic heterocycles. The number of nitrogens with zero attached hydrogens (tertiary/aromatic N) is 1. The van der Waals surface area contributed by atoms with Gasteiger partial charge in [0.1, 0.15) is 5.75 Å². The Labute approximate surface area is 113 Å². The quantitative estimate of drug-likeness (QED) is 0.359. The molecule has 20 heavy (non-hydrogen) atoms. The van der Waals surface area contributed by atoms with E-state index in [1.54, 1.807) is 0 Å². The van der Waals surface area contributed by atoms with E-state index in [2.05, 4.69) is 9.47 Å². The summed E-state index contributed by atoms with van der Waals surface area (Å²) in [6.07, 6.45) is -2.14. The molecule has 0 saturated carbocycles. The van der Waals surface area contributed by atoms with Gasteiger partial charge in [0.05, 0.1) is 19.1 Å². The van der Waals surface area contributed by atoms with Crippen molar-refractivity contribution in [3.63, 3.8) is 0 Å². The summed E-state index contributed by atoms with van der Waals surface area (Å²) >= 11 is 0. The van der Waals surface area contributed by atoms with Gasteiger partial charge in [0, 0.05) is 11.6 Å². The predicted octanol–water partition coefficient (Wildman–Crippen LogP) is 2.19. The summed E-state index contributed by atoms with van der Waals surface area (Å²) in [5.41, 5.74) is -0.389. The number of ether oxygens (including phenoxy) is 4. The predicted molar refractivity (Wildman–Crippen MR) is 63.9 cm³/mol. The van der Waals surface area contributed by atoms with Gasteiger partial charge in [0.25, 0.3) is 0 Å². The minimum atomic E-state index is -1.13. The summed E-state index contributed by atoms with van der Waals surface area (Å²) in [6.45, 7) is 1.38. The van der Waals surface area contributed by atoms with E-state index >= 15 is 0 Å². The monoisotopic (exact) mass is 285 g/mol. The van der Waals surface area contributed by atoms with Crippen LogP contribution in [0.3, 0.4) is 0 Å². The smallest absolute Gasteiger partial charge is 0.437 e. The number of hydrogen-bond donors (Lipinski definition) is 0. The fourth-order valence-corrected chi connectivity index (χ4v) is 1.30. The van der Waals surface area contributed by atoms with Crippen molar-refractivity contribution in [3.05, 3.63) is 27.8 Å². The van der Waals surface area contributed by atoms with E-state index in [0.29, 0.717) is 0 Å². The van der Waals surface area contributed by atoms with Gasteiger partial charge in [-0.05, 0) is 13.0 Å². The van der Waals surface area contributed by atoms with Gasteiger partial charge in [-0.15, -0.1) is 0 Å². The second-order valence-corrected chi connectivity index (χ2v) is 3.41. The van der Waals surface area contributed by atoms with Crippen LogP contribution in [0.5, 0.6) is 11.5 Å². The van der Waals surface area contributed by atoms with Crippen LogP contribution in [-0.4, -0.2) is 31.5 Å². The number of nitro groups is 1. The van der Waals surface area contributed by atoms with Crippen LogP contribution in [0.2, 0.25) is 0 Å². The molecule has 0 unspecified atom stereocenters. The molecule has 1 aromatic carbocycles. The SMILES string of the molecule is COC(=O)Oc1ccc([N+](=O)[O-])c(OC(=O)OC)c1C. The molecule has 9 nitrogen and oxygen atoms in total. The zero-order valence-corrected chi connectivity index (χ0v) is 10.9. The third kappa shape index (κ3) is 3.34. The Morgan fingerprint density at radius 2 is 1.65 bits per heavy atom. The molecule has 0 spiro atoms. The second kappa shape index (κ2) is 6.36. The topological polar surface area (TPSA) is 114 Å². The van der Waals surface area contributed by atoms with E-state index in [0.717, 1.165) is 20.3 Å². The first-order valence-corrected chi connectivity index (χ1v) is 5.20. The first-order chi connectivity index (χ1) is 9.40. The van der Waals surface area contributed by atoms with E-state index in [9.17, 15) is 19.7 Å². The molecule has 1 aromatic rings. The second-order valence-electron chi connectivity index (χ2n) is 3.41. The van der Waals surface area contributed by atoms with Crippen LogP contribution >= 0.6 is 0 Å². The molecular formula is C11H11NO8. The highest BCUT2D eigenvalue weighted by Gasteiger charge is 2.24. The molecule has 0 saturated heterocycles. The van der Waals surface area contributed by atoms with Gasteiger partial charge in [0.2, 0.25) is 5.75 Å². The standard InChI is InChI=1S/C11H11NO8/c1-6-8(19-10(13)17-2)5-4-7(12(15)16)9(6)20-11(14)18-3/h4-5H,1-3H3. The number of rotatable bonds is 3. The van der Waals surface area contributed by atoms with Crippen molar-refractivity contribution in [1.29, 1.82) is 0 Å². The Hall–Kier alpha value is -2.84. The molecule has 9 heteroatoms. The lowest BCUT2D eigenvalue weighted by atomic mass is 10.1. The minimum Gasteiger partial charge on any atom is -0.437 e. The molecule has 0 aliphatic rings. The maximum atomic E-state index is 11.1. The summed E-state index contributed by atoms with van der Waals surface area (Å²) in [6, 6.07) is 2.22.